The van der Waals surface area contributed by atoms with E-state index >= 15 is 4.39 Å². The molecule has 62 heavy (non-hydrogen) atoms. The van der Waals surface area contributed by atoms with Crippen molar-refractivity contribution in [3.8, 4) is 5.75 Å². The quantitative estimate of drug-likeness (QED) is 0.233. The Morgan fingerprint density at radius 1 is 0.919 bits per heavy atom. The minimum Gasteiger partial charge on any atom is -0.488 e. The molecule has 1 saturated carbocycles. The van der Waals surface area contributed by atoms with Crippen LogP contribution in [-0.4, -0.2) is 136 Å². The normalized spacial score (nSPS) is 26.5. The number of amides is 3. The highest BCUT2D eigenvalue weighted by Gasteiger charge is 2.46. The number of rotatable bonds is 9. The maximum Gasteiger partial charge on any atom is 0.255 e. The van der Waals surface area contributed by atoms with Gasteiger partial charge in [0.1, 0.15) is 35.6 Å². The van der Waals surface area contributed by atoms with Gasteiger partial charge in [0.2, 0.25) is 11.8 Å². The van der Waals surface area contributed by atoms with Crippen molar-refractivity contribution < 1.29 is 26.4 Å². The first-order valence-corrected chi connectivity index (χ1v) is 23.3. The lowest BCUT2D eigenvalue weighted by Crippen LogP contribution is -2.69. The number of piperidine rings is 4. The third-order valence-electron chi connectivity index (χ3n) is 14.8. The molecule has 2 aromatic carbocycles. The van der Waals surface area contributed by atoms with Crippen LogP contribution in [0.3, 0.4) is 0 Å². The second kappa shape index (κ2) is 16.6. The number of ether oxygens (including phenoxy) is 1. The molecule has 0 radical (unpaired) electrons. The minimum atomic E-state index is -0.748. The average Bonchev–Trinajstić information content (AvgIpc) is 3.70. The van der Waals surface area contributed by atoms with Gasteiger partial charge in [-0.2, -0.15) is 5.10 Å². The summed E-state index contributed by atoms with van der Waals surface area (Å²) in [7, 11) is 0. The number of aromatic amines is 1. The first kappa shape index (κ1) is 41.0. The standard InChI is InChI=1S/C45H55FN10O4.C2H6.2H2/c1-45(12-13-45)60-31-2-4-35-33(19-31)42(51-50-35)36-20-39(48-26-47-36)54-16-10-28(11-17-54)22-55-29-18-30(55)24-52(23-29)21-27-8-14-53(15-9-27)37-5-3-32-34(41(37)46)25-56(44(32)59)38-6-7-40(57)49-43(38)58;1-2;;/h2-5,19-20,27-30,38,47H,6-18,21-26H2,1H3,(H,50,51)(H,49,57,58);1-2H3;2*1H. The van der Waals surface area contributed by atoms with Crippen LogP contribution in [0.2, 0.25) is 0 Å². The monoisotopic (exact) mass is 853 g/mol. The van der Waals surface area contributed by atoms with Gasteiger partial charge in [-0.3, -0.25) is 34.6 Å². The Bertz CT molecular complexity index is 2290. The largest absolute Gasteiger partial charge is 0.488 e. The van der Waals surface area contributed by atoms with Crippen LogP contribution >= 0.6 is 0 Å². The number of benzene rings is 2. The molecule has 7 fully saturated rings. The molecule has 15 heteroatoms. The van der Waals surface area contributed by atoms with Gasteiger partial charge < -0.3 is 24.8 Å². The second-order valence-electron chi connectivity index (χ2n) is 18.9. The van der Waals surface area contributed by atoms with Crippen molar-refractivity contribution in [1.82, 2.24) is 40.4 Å². The van der Waals surface area contributed by atoms with E-state index in [4.69, 9.17) is 9.73 Å². The first-order chi connectivity index (χ1) is 30.1. The summed E-state index contributed by atoms with van der Waals surface area (Å²) in [4.78, 5) is 53.6. The minimum absolute atomic E-state index is 0. The van der Waals surface area contributed by atoms with Crippen LogP contribution in [0, 0.1) is 17.7 Å². The van der Waals surface area contributed by atoms with Crippen LogP contribution < -0.4 is 20.3 Å². The maximum absolute atomic E-state index is 16.0. The molecule has 12 rings (SSSR count). The van der Waals surface area contributed by atoms with Gasteiger partial charge in [0.05, 0.1) is 23.4 Å². The van der Waals surface area contributed by atoms with Crippen LogP contribution in [0.5, 0.6) is 5.75 Å². The molecule has 1 aromatic heterocycles. The molecule has 334 valence electrons. The van der Waals surface area contributed by atoms with Gasteiger partial charge in [0, 0.05) is 96.3 Å². The molecule has 3 N–H and O–H groups in total. The number of carbonyl (C=O) groups excluding carboxylic acids is 3. The van der Waals surface area contributed by atoms with Crippen LogP contribution in [0.1, 0.15) is 103 Å². The van der Waals surface area contributed by atoms with Gasteiger partial charge in [-0.15, -0.1) is 0 Å². The fourth-order valence-corrected chi connectivity index (χ4v) is 11.0. The molecule has 3 atom stereocenters. The Kier molecular flexibility index (Phi) is 11.0. The van der Waals surface area contributed by atoms with E-state index in [0.717, 1.165) is 105 Å². The number of nitrogens with zero attached hydrogens (tertiary/aromatic N) is 7. The molecule has 6 saturated heterocycles. The van der Waals surface area contributed by atoms with Gasteiger partial charge in [-0.25, -0.2) is 9.38 Å². The van der Waals surface area contributed by atoms with E-state index in [1.165, 1.54) is 30.7 Å². The molecular weight excluding hydrogens is 788 g/mol. The summed E-state index contributed by atoms with van der Waals surface area (Å²) >= 11 is 0. The molecule has 3 amide bonds. The van der Waals surface area contributed by atoms with E-state index in [9.17, 15) is 14.4 Å². The Hall–Kier alpha value is -5.02. The number of fused-ring (bicyclic) bond motifs is 4. The Labute approximate surface area is 366 Å². The molecule has 3 unspecified atom stereocenters. The molecule has 9 aliphatic rings. The molecule has 9 heterocycles. The lowest BCUT2D eigenvalue weighted by molar-refractivity contribution is -0.136. The Morgan fingerprint density at radius 3 is 2.37 bits per heavy atom. The van der Waals surface area contributed by atoms with E-state index in [-0.39, 0.29) is 45.5 Å². The SMILES string of the molecule is CC.CC1(Oc2ccc3[nH]nc(C4=CC(N5CCC(CN6C7CC6CN(CC6CCN(c8ccc9c(c8F)CN(C8CCC(=O)NC8=O)C9=O)CC6)C7)CC5)=NCN4)c3c2)CC1.[HH].[HH]. The van der Waals surface area contributed by atoms with Crippen molar-refractivity contribution in [2.45, 2.75) is 109 Å². The maximum atomic E-state index is 16.0. The van der Waals surface area contributed by atoms with E-state index in [1.807, 2.05) is 19.9 Å². The molecule has 14 nitrogen and oxygen atoms in total. The van der Waals surface area contributed by atoms with Crippen molar-refractivity contribution in [2.24, 2.45) is 16.8 Å². The molecule has 1 aliphatic carbocycles. The number of aliphatic imine (C=N–C) groups is 1. The number of H-pyrrole nitrogens is 1. The number of hydrogen-bond donors (Lipinski definition) is 3. The number of halogens is 1. The number of hydrogen-bond acceptors (Lipinski definition) is 11. The lowest BCUT2D eigenvalue weighted by atomic mass is 9.83. The molecule has 3 aromatic rings. The number of amidine groups is 1. The Morgan fingerprint density at radius 2 is 1.65 bits per heavy atom. The molecule has 8 aliphatic heterocycles. The van der Waals surface area contributed by atoms with E-state index < -0.39 is 11.9 Å². The van der Waals surface area contributed by atoms with E-state index in [2.05, 4.69) is 65.6 Å². The summed E-state index contributed by atoms with van der Waals surface area (Å²) in [5, 5.41) is 14.7. The predicted octanol–water partition coefficient (Wildman–Crippen LogP) is 5.60. The molecular formula is C47H65FN10O4. The zero-order chi connectivity index (χ0) is 42.7. The Balaban J connectivity index is 0.00000138. The highest BCUT2D eigenvalue weighted by molar-refractivity contribution is 6.06. The summed E-state index contributed by atoms with van der Waals surface area (Å²) in [5.74, 6) is 1.71. The summed E-state index contributed by atoms with van der Waals surface area (Å²) in [6, 6.07) is 10.2. The summed E-state index contributed by atoms with van der Waals surface area (Å²) in [6.45, 7) is 14.9. The number of anilines is 1. The van der Waals surface area contributed by atoms with Crippen LogP contribution in [0.4, 0.5) is 10.1 Å². The van der Waals surface area contributed by atoms with Gasteiger partial charge in [0.25, 0.3) is 5.91 Å². The predicted molar refractivity (Wildman–Crippen MR) is 240 cm³/mol. The fourth-order valence-electron chi connectivity index (χ4n) is 11.0. The smallest absolute Gasteiger partial charge is 0.255 e. The van der Waals surface area contributed by atoms with E-state index in [0.29, 0.717) is 47.4 Å². The zero-order valence-corrected chi connectivity index (χ0v) is 36.4. The van der Waals surface area contributed by atoms with Crippen molar-refractivity contribution in [2.75, 3.05) is 63.9 Å². The van der Waals surface area contributed by atoms with Crippen LogP contribution in [0.15, 0.2) is 41.4 Å². The number of nitrogens with one attached hydrogen (secondary N) is 3. The van der Waals surface area contributed by atoms with Crippen LogP contribution in [0.25, 0.3) is 16.6 Å². The average molecular weight is 853 g/mol. The summed E-state index contributed by atoms with van der Waals surface area (Å²) in [5.41, 5.74) is 4.10. The highest BCUT2D eigenvalue weighted by atomic mass is 19.1. The topological polar surface area (TPSA) is 142 Å². The third kappa shape index (κ3) is 7.84. The van der Waals surface area contributed by atoms with Gasteiger partial charge in [-0.1, -0.05) is 13.8 Å². The lowest BCUT2D eigenvalue weighted by Gasteiger charge is -2.58. The summed E-state index contributed by atoms with van der Waals surface area (Å²) < 4.78 is 22.3. The van der Waals surface area contributed by atoms with Crippen molar-refractivity contribution in [3.63, 3.8) is 0 Å². The molecule has 2 bridgehead atoms. The number of piperazine rings is 1. The number of carbonyl (C=O) groups is 3. The second-order valence-corrected chi connectivity index (χ2v) is 18.9. The number of imide groups is 1. The van der Waals surface area contributed by atoms with Crippen molar-refractivity contribution in [1.29, 1.82) is 0 Å². The fraction of sp³-hybridized carbons (Fsp3) is 0.596. The zero-order valence-electron chi connectivity index (χ0n) is 36.4. The highest BCUT2D eigenvalue weighted by Crippen LogP contribution is 2.41. The number of aromatic nitrogens is 2. The van der Waals surface area contributed by atoms with Gasteiger partial charge in [-0.05, 0) is 100 Å². The number of likely N-dealkylation sites (tertiary alicyclic amines) is 1. The van der Waals surface area contributed by atoms with Crippen molar-refractivity contribution in [3.05, 3.63) is 59.0 Å². The van der Waals surface area contributed by atoms with Crippen molar-refractivity contribution >= 4 is 45.8 Å². The third-order valence-corrected chi connectivity index (χ3v) is 14.8. The summed E-state index contributed by atoms with van der Waals surface area (Å²) in [6.07, 6.45) is 10.5. The van der Waals surface area contributed by atoms with E-state index in [1.54, 1.807) is 12.1 Å². The van der Waals surface area contributed by atoms with Gasteiger partial charge >= 0.3 is 0 Å². The first-order valence-electron chi connectivity index (χ1n) is 23.3. The van der Waals surface area contributed by atoms with Gasteiger partial charge in [0.15, 0.2) is 5.82 Å². The molecule has 0 spiro atoms. The van der Waals surface area contributed by atoms with Crippen LogP contribution in [-0.2, 0) is 16.1 Å².